The summed E-state index contributed by atoms with van der Waals surface area (Å²) in [4.78, 5) is 25.6. The van der Waals surface area contributed by atoms with Gasteiger partial charge in [-0.2, -0.15) is 0 Å². The minimum absolute atomic E-state index is 0.0984. The number of benzene rings is 1. The molecule has 1 aliphatic rings. The molecule has 5 nitrogen and oxygen atoms in total. The van der Waals surface area contributed by atoms with Crippen molar-refractivity contribution in [3.05, 3.63) is 29.8 Å². The van der Waals surface area contributed by atoms with Crippen LogP contribution in [0.3, 0.4) is 0 Å². The zero-order chi connectivity index (χ0) is 14.9. The number of amides is 1. The largest absolute Gasteiger partial charge is 0.481 e. The third-order valence-corrected chi connectivity index (χ3v) is 4.26. The molecule has 1 aromatic rings. The van der Waals surface area contributed by atoms with Gasteiger partial charge in [-0.3, -0.25) is 9.59 Å². The second-order valence-electron chi connectivity index (χ2n) is 5.48. The van der Waals surface area contributed by atoms with Crippen molar-refractivity contribution in [1.29, 1.82) is 0 Å². The fourth-order valence-corrected chi connectivity index (χ4v) is 2.52. The number of rotatable bonds is 4. The zero-order valence-electron chi connectivity index (χ0n) is 11.8. The Hall–Kier alpha value is -1.88. The average Bonchev–Trinajstić information content (AvgIpc) is 2.85. The Morgan fingerprint density at radius 2 is 2.10 bits per heavy atom. The summed E-state index contributed by atoms with van der Waals surface area (Å²) in [6.45, 7) is 4.18. The van der Waals surface area contributed by atoms with E-state index >= 15 is 0 Å². The number of para-hydroxylation sites is 1. The molecular weight excluding hydrogens is 256 g/mol. The van der Waals surface area contributed by atoms with E-state index in [4.69, 9.17) is 5.73 Å². The molecule has 0 radical (unpaired) electrons. The SMILES string of the molecule is CCC(C)(CN)C(=O)N1CC(C(=O)O)c2ccccc21. The molecule has 108 valence electrons. The quantitative estimate of drug-likeness (QED) is 0.874. The Morgan fingerprint density at radius 3 is 2.65 bits per heavy atom. The van der Waals surface area contributed by atoms with E-state index < -0.39 is 17.3 Å². The summed E-state index contributed by atoms with van der Waals surface area (Å²) in [5.74, 6) is -1.66. The topological polar surface area (TPSA) is 83.6 Å². The van der Waals surface area contributed by atoms with Gasteiger partial charge in [-0.25, -0.2) is 0 Å². The highest BCUT2D eigenvalue weighted by molar-refractivity contribution is 6.01. The summed E-state index contributed by atoms with van der Waals surface area (Å²) in [7, 11) is 0. The van der Waals surface area contributed by atoms with Crippen LogP contribution in [0, 0.1) is 5.41 Å². The molecule has 0 fully saturated rings. The van der Waals surface area contributed by atoms with Crippen molar-refractivity contribution >= 4 is 17.6 Å². The van der Waals surface area contributed by atoms with E-state index in [-0.39, 0.29) is 19.0 Å². The Labute approximate surface area is 118 Å². The van der Waals surface area contributed by atoms with Crippen molar-refractivity contribution in [2.45, 2.75) is 26.2 Å². The molecule has 0 saturated heterocycles. The van der Waals surface area contributed by atoms with Crippen LogP contribution in [0.1, 0.15) is 31.7 Å². The van der Waals surface area contributed by atoms with Crippen LogP contribution < -0.4 is 10.6 Å². The van der Waals surface area contributed by atoms with Gasteiger partial charge in [-0.15, -0.1) is 0 Å². The number of anilines is 1. The van der Waals surface area contributed by atoms with Gasteiger partial charge >= 0.3 is 5.97 Å². The van der Waals surface area contributed by atoms with E-state index in [1.54, 1.807) is 23.1 Å². The molecule has 0 bridgehead atoms. The average molecular weight is 276 g/mol. The van der Waals surface area contributed by atoms with E-state index in [0.717, 1.165) is 0 Å². The van der Waals surface area contributed by atoms with Gasteiger partial charge in [0.25, 0.3) is 0 Å². The number of nitrogens with zero attached hydrogens (tertiary/aromatic N) is 1. The lowest BCUT2D eigenvalue weighted by atomic mass is 9.86. The molecule has 0 aromatic heterocycles. The number of nitrogens with two attached hydrogens (primary N) is 1. The summed E-state index contributed by atoms with van der Waals surface area (Å²) in [6, 6.07) is 7.18. The van der Waals surface area contributed by atoms with Crippen molar-refractivity contribution in [2.75, 3.05) is 18.0 Å². The summed E-state index contributed by atoms with van der Waals surface area (Å²) in [5, 5.41) is 9.31. The monoisotopic (exact) mass is 276 g/mol. The van der Waals surface area contributed by atoms with E-state index in [2.05, 4.69) is 0 Å². The van der Waals surface area contributed by atoms with Crippen LogP contribution in [0.15, 0.2) is 24.3 Å². The van der Waals surface area contributed by atoms with Crippen molar-refractivity contribution in [3.63, 3.8) is 0 Å². The fourth-order valence-electron chi connectivity index (χ4n) is 2.52. The maximum Gasteiger partial charge on any atom is 0.312 e. The van der Waals surface area contributed by atoms with Crippen LogP contribution in [0.2, 0.25) is 0 Å². The highest BCUT2D eigenvalue weighted by Gasteiger charge is 2.42. The summed E-state index contributed by atoms with van der Waals surface area (Å²) in [5.41, 5.74) is 6.48. The van der Waals surface area contributed by atoms with E-state index in [0.29, 0.717) is 17.7 Å². The van der Waals surface area contributed by atoms with Crippen LogP contribution in [0.25, 0.3) is 0 Å². The number of carbonyl (C=O) groups is 2. The smallest absolute Gasteiger partial charge is 0.312 e. The molecule has 1 aromatic carbocycles. The Balaban J connectivity index is 2.41. The number of carboxylic acids is 1. The maximum absolute atomic E-state index is 12.7. The molecule has 1 heterocycles. The van der Waals surface area contributed by atoms with Crippen molar-refractivity contribution in [1.82, 2.24) is 0 Å². The van der Waals surface area contributed by atoms with Gasteiger partial charge < -0.3 is 15.7 Å². The molecule has 1 amide bonds. The third kappa shape index (κ3) is 2.18. The van der Waals surface area contributed by atoms with Gasteiger partial charge in [-0.1, -0.05) is 25.1 Å². The number of fused-ring (bicyclic) bond motifs is 1. The van der Waals surface area contributed by atoms with Gasteiger partial charge in [0.2, 0.25) is 5.91 Å². The zero-order valence-corrected chi connectivity index (χ0v) is 11.8. The number of hydrogen-bond acceptors (Lipinski definition) is 3. The Bertz CT molecular complexity index is 538. The molecule has 20 heavy (non-hydrogen) atoms. The first-order valence-electron chi connectivity index (χ1n) is 6.78. The summed E-state index contributed by atoms with van der Waals surface area (Å²) in [6.07, 6.45) is 0.624. The summed E-state index contributed by atoms with van der Waals surface area (Å²) >= 11 is 0. The highest BCUT2D eigenvalue weighted by Crippen LogP contribution is 2.39. The predicted octanol–water partition coefficient (Wildman–Crippen LogP) is 1.58. The molecule has 5 heteroatoms. The number of carbonyl (C=O) groups excluding carboxylic acids is 1. The molecule has 2 rings (SSSR count). The van der Waals surface area contributed by atoms with E-state index in [1.165, 1.54) is 0 Å². The highest BCUT2D eigenvalue weighted by atomic mass is 16.4. The van der Waals surface area contributed by atoms with Gasteiger partial charge in [0.05, 0.1) is 5.41 Å². The Morgan fingerprint density at radius 1 is 1.45 bits per heavy atom. The normalized spacial score (nSPS) is 20.4. The molecule has 0 spiro atoms. The number of carboxylic acid groups (broad SMARTS) is 1. The summed E-state index contributed by atoms with van der Waals surface area (Å²) < 4.78 is 0. The van der Waals surface area contributed by atoms with Gasteiger partial charge in [0.1, 0.15) is 5.92 Å². The molecule has 3 N–H and O–H groups in total. The lowest BCUT2D eigenvalue weighted by Crippen LogP contribution is -2.46. The minimum atomic E-state index is -0.904. The lowest BCUT2D eigenvalue weighted by Gasteiger charge is -2.31. The second kappa shape index (κ2) is 5.25. The maximum atomic E-state index is 12.7. The molecular formula is C15H20N2O3. The first-order chi connectivity index (χ1) is 9.44. The first kappa shape index (κ1) is 14.5. The molecule has 2 atom stereocenters. The number of aliphatic carboxylic acids is 1. The van der Waals surface area contributed by atoms with Gasteiger partial charge in [0, 0.05) is 18.8 Å². The molecule has 0 aliphatic carbocycles. The third-order valence-electron chi connectivity index (χ3n) is 4.26. The van der Waals surface area contributed by atoms with Crippen LogP contribution in [-0.2, 0) is 9.59 Å². The van der Waals surface area contributed by atoms with Crippen molar-refractivity contribution in [2.24, 2.45) is 11.1 Å². The molecule has 0 saturated carbocycles. The standard InChI is InChI=1S/C15H20N2O3/c1-3-15(2,9-16)14(20)17-8-11(13(18)19)10-6-4-5-7-12(10)17/h4-7,11H,3,8-9,16H2,1-2H3,(H,18,19). The minimum Gasteiger partial charge on any atom is -0.481 e. The predicted molar refractivity (Wildman–Crippen MR) is 76.6 cm³/mol. The number of hydrogen-bond donors (Lipinski definition) is 2. The fraction of sp³-hybridized carbons (Fsp3) is 0.467. The van der Waals surface area contributed by atoms with Crippen molar-refractivity contribution in [3.8, 4) is 0 Å². The van der Waals surface area contributed by atoms with Crippen LogP contribution in [0.4, 0.5) is 5.69 Å². The Kier molecular flexibility index (Phi) is 3.81. The van der Waals surface area contributed by atoms with Crippen LogP contribution in [-0.4, -0.2) is 30.1 Å². The van der Waals surface area contributed by atoms with E-state index in [1.807, 2.05) is 19.9 Å². The van der Waals surface area contributed by atoms with Crippen LogP contribution >= 0.6 is 0 Å². The first-order valence-corrected chi connectivity index (χ1v) is 6.78. The lowest BCUT2D eigenvalue weighted by molar-refractivity contribution is -0.138. The second-order valence-corrected chi connectivity index (χ2v) is 5.48. The molecule has 1 aliphatic heterocycles. The molecule has 2 unspecified atom stereocenters. The van der Waals surface area contributed by atoms with Gasteiger partial charge in [0.15, 0.2) is 0 Å². The van der Waals surface area contributed by atoms with Crippen LogP contribution in [0.5, 0.6) is 0 Å². The van der Waals surface area contributed by atoms with Gasteiger partial charge in [-0.05, 0) is 25.0 Å². The van der Waals surface area contributed by atoms with Crippen molar-refractivity contribution < 1.29 is 14.7 Å². The van der Waals surface area contributed by atoms with E-state index in [9.17, 15) is 14.7 Å².